The summed E-state index contributed by atoms with van der Waals surface area (Å²) in [4.78, 5) is 0. The minimum absolute atomic E-state index is 0.236. The number of aryl methyl sites for hydroxylation is 1. The van der Waals surface area contributed by atoms with Gasteiger partial charge in [-0.15, -0.1) is 0 Å². The van der Waals surface area contributed by atoms with Crippen LogP contribution in [0.5, 0.6) is 0 Å². The number of nitrogens with one attached hydrogen (secondary N) is 2. The Hall–Kier alpha value is -1.43. The van der Waals surface area contributed by atoms with Crippen LogP contribution in [0, 0.1) is 0 Å². The Bertz CT molecular complexity index is 659. The largest absolute Gasteiger partial charge is 0.342 e. The molecule has 1 aliphatic heterocycles. The number of hydrogen-bond donors (Lipinski definition) is 2. The van der Waals surface area contributed by atoms with E-state index in [0.717, 1.165) is 23.0 Å². The van der Waals surface area contributed by atoms with Gasteiger partial charge in [0, 0.05) is 4.47 Å². The van der Waals surface area contributed by atoms with Gasteiger partial charge in [0.05, 0.1) is 5.69 Å². The van der Waals surface area contributed by atoms with Crippen LogP contribution in [0.3, 0.4) is 0 Å². The second-order valence-electron chi connectivity index (χ2n) is 5.67. The molecule has 1 saturated heterocycles. The summed E-state index contributed by atoms with van der Waals surface area (Å²) in [6.45, 7) is 2.14. The maximum absolute atomic E-state index is 5.48. The second kappa shape index (κ2) is 6.36. The molecular weight excluding hydrogens is 358 g/mol. The quantitative estimate of drug-likeness (QED) is 0.789. The van der Waals surface area contributed by atoms with Gasteiger partial charge >= 0.3 is 0 Å². The van der Waals surface area contributed by atoms with Crippen LogP contribution in [0.2, 0.25) is 0 Å². The Morgan fingerprint density at radius 3 is 2.45 bits per heavy atom. The number of rotatable bonds is 4. The Labute approximate surface area is 144 Å². The van der Waals surface area contributed by atoms with Crippen LogP contribution in [-0.4, -0.2) is 10.8 Å². The molecule has 22 heavy (non-hydrogen) atoms. The topological polar surface area (TPSA) is 27.3 Å². The zero-order valence-electron chi connectivity index (χ0n) is 12.3. The van der Waals surface area contributed by atoms with Crippen LogP contribution in [-0.2, 0) is 6.42 Å². The highest BCUT2D eigenvalue weighted by molar-refractivity contribution is 9.10. The van der Waals surface area contributed by atoms with Gasteiger partial charge in [0.25, 0.3) is 0 Å². The first-order valence-electron chi connectivity index (χ1n) is 7.25. The molecule has 2 N–H and O–H groups in total. The molecule has 0 aliphatic carbocycles. The van der Waals surface area contributed by atoms with Crippen molar-refractivity contribution in [3.8, 4) is 0 Å². The zero-order chi connectivity index (χ0) is 15.6. The molecule has 0 spiro atoms. The zero-order valence-corrected chi connectivity index (χ0v) is 14.7. The summed E-state index contributed by atoms with van der Waals surface area (Å²) in [5.41, 5.74) is 5.62. The van der Waals surface area contributed by atoms with Crippen molar-refractivity contribution in [1.82, 2.24) is 10.7 Å². The average Bonchev–Trinajstić information content (AvgIpc) is 2.83. The fourth-order valence-electron chi connectivity index (χ4n) is 2.55. The van der Waals surface area contributed by atoms with E-state index in [4.69, 9.17) is 12.2 Å². The molecule has 1 aliphatic rings. The third kappa shape index (κ3) is 3.48. The van der Waals surface area contributed by atoms with E-state index in [1.165, 1.54) is 5.56 Å². The van der Waals surface area contributed by atoms with Gasteiger partial charge in [0.1, 0.15) is 5.66 Å². The molecule has 0 saturated carbocycles. The molecule has 0 amide bonds. The molecule has 2 aromatic rings. The fourth-order valence-corrected chi connectivity index (χ4v) is 3.19. The number of nitrogens with zero attached hydrogens (tertiary/aromatic N) is 1. The lowest BCUT2D eigenvalue weighted by molar-refractivity contribution is 0.348. The monoisotopic (exact) mass is 375 g/mol. The van der Waals surface area contributed by atoms with Gasteiger partial charge in [0.2, 0.25) is 0 Å². The van der Waals surface area contributed by atoms with E-state index in [-0.39, 0.29) is 5.66 Å². The third-order valence-corrected chi connectivity index (χ3v) is 4.60. The van der Waals surface area contributed by atoms with E-state index in [9.17, 15) is 0 Å². The minimum atomic E-state index is -0.236. The Morgan fingerprint density at radius 2 is 1.77 bits per heavy atom. The van der Waals surface area contributed by atoms with Crippen molar-refractivity contribution in [2.24, 2.45) is 0 Å². The molecule has 3 nitrogen and oxygen atoms in total. The van der Waals surface area contributed by atoms with Crippen LogP contribution < -0.4 is 15.8 Å². The number of benzene rings is 2. The second-order valence-corrected chi connectivity index (χ2v) is 6.97. The molecule has 3 rings (SSSR count). The molecule has 1 heterocycles. The lowest BCUT2D eigenvalue weighted by atomic mass is 10.0. The van der Waals surface area contributed by atoms with Crippen LogP contribution in [0.25, 0.3) is 0 Å². The maximum atomic E-state index is 5.48. The van der Waals surface area contributed by atoms with Crippen molar-refractivity contribution in [3.63, 3.8) is 0 Å². The summed E-state index contributed by atoms with van der Waals surface area (Å²) in [6, 6.07) is 18.6. The number of hydrazine groups is 1. The van der Waals surface area contributed by atoms with E-state index >= 15 is 0 Å². The van der Waals surface area contributed by atoms with E-state index in [2.05, 4.69) is 57.9 Å². The van der Waals surface area contributed by atoms with Crippen LogP contribution in [0.15, 0.2) is 59.1 Å². The maximum Gasteiger partial charge on any atom is 0.189 e. The predicted molar refractivity (Wildman–Crippen MR) is 98.7 cm³/mol. The summed E-state index contributed by atoms with van der Waals surface area (Å²) in [5.74, 6) is 0. The van der Waals surface area contributed by atoms with Crippen molar-refractivity contribution in [2.45, 2.75) is 25.4 Å². The summed E-state index contributed by atoms with van der Waals surface area (Å²) >= 11 is 8.93. The fraction of sp³-hybridized carbons (Fsp3) is 0.235. The van der Waals surface area contributed by atoms with Gasteiger partial charge in [-0.25, -0.2) is 5.43 Å². The number of hydrogen-bond acceptors (Lipinski definition) is 2. The van der Waals surface area contributed by atoms with Gasteiger partial charge in [-0.05, 0) is 61.8 Å². The summed E-state index contributed by atoms with van der Waals surface area (Å²) in [5, 5.41) is 6.04. The third-order valence-electron chi connectivity index (χ3n) is 3.79. The van der Waals surface area contributed by atoms with E-state index in [1.807, 2.05) is 35.3 Å². The summed E-state index contributed by atoms with van der Waals surface area (Å²) in [7, 11) is 0. The molecule has 114 valence electrons. The first kappa shape index (κ1) is 15.5. The molecule has 1 atom stereocenters. The first-order chi connectivity index (χ1) is 10.6. The van der Waals surface area contributed by atoms with E-state index in [0.29, 0.717) is 5.11 Å². The molecule has 1 fully saturated rings. The van der Waals surface area contributed by atoms with Crippen LogP contribution >= 0.6 is 28.1 Å². The lowest BCUT2D eigenvalue weighted by Crippen LogP contribution is -2.48. The minimum Gasteiger partial charge on any atom is -0.342 e. The van der Waals surface area contributed by atoms with Crippen LogP contribution in [0.4, 0.5) is 5.69 Å². The highest BCUT2D eigenvalue weighted by atomic mass is 79.9. The van der Waals surface area contributed by atoms with Gasteiger partial charge in [-0.1, -0.05) is 46.3 Å². The number of anilines is 1. The van der Waals surface area contributed by atoms with Crippen molar-refractivity contribution in [3.05, 3.63) is 64.6 Å². The number of halogens is 1. The molecule has 5 heteroatoms. The normalized spacial score (nSPS) is 21.0. The Balaban J connectivity index is 1.68. The number of thiocarbonyl (C=S) groups is 1. The average molecular weight is 376 g/mol. The van der Waals surface area contributed by atoms with Crippen molar-refractivity contribution in [2.75, 3.05) is 5.01 Å². The van der Waals surface area contributed by atoms with Gasteiger partial charge in [-0.3, -0.25) is 5.01 Å². The van der Waals surface area contributed by atoms with Crippen LogP contribution in [0.1, 0.15) is 18.9 Å². The molecule has 2 aromatic carbocycles. The van der Waals surface area contributed by atoms with Gasteiger partial charge in [-0.2, -0.15) is 0 Å². The highest BCUT2D eigenvalue weighted by Crippen LogP contribution is 2.24. The summed E-state index contributed by atoms with van der Waals surface area (Å²) in [6.07, 6.45) is 1.94. The van der Waals surface area contributed by atoms with E-state index in [1.54, 1.807) is 0 Å². The smallest absolute Gasteiger partial charge is 0.189 e. The summed E-state index contributed by atoms with van der Waals surface area (Å²) < 4.78 is 1.06. The Kier molecular flexibility index (Phi) is 4.47. The first-order valence-corrected chi connectivity index (χ1v) is 8.45. The predicted octanol–water partition coefficient (Wildman–Crippen LogP) is 4.00. The van der Waals surface area contributed by atoms with E-state index < -0.39 is 0 Å². The molecule has 0 aromatic heterocycles. The lowest BCUT2D eigenvalue weighted by Gasteiger charge is -2.25. The molecule has 0 unspecified atom stereocenters. The molecule has 0 bridgehead atoms. The van der Waals surface area contributed by atoms with Crippen molar-refractivity contribution in [1.29, 1.82) is 0 Å². The SMILES string of the molecule is C[C@]1(CCc2ccccc2)NC(=S)N(c2ccc(Br)cc2)N1. The van der Waals surface area contributed by atoms with Gasteiger partial charge in [0.15, 0.2) is 5.11 Å². The van der Waals surface area contributed by atoms with Crippen molar-refractivity contribution >= 4 is 38.9 Å². The Morgan fingerprint density at radius 1 is 1.09 bits per heavy atom. The standard InChI is InChI=1S/C17H18BrN3S/c1-17(12-11-13-5-3-2-4-6-13)19-16(22)21(20-17)15-9-7-14(18)8-10-15/h2-10,20H,11-12H2,1H3,(H,19,22)/t17-/m0/s1. The van der Waals surface area contributed by atoms with Crippen molar-refractivity contribution < 1.29 is 0 Å². The molecular formula is C17H18BrN3S. The molecule has 0 radical (unpaired) electrons. The van der Waals surface area contributed by atoms with Gasteiger partial charge < -0.3 is 5.32 Å². The highest BCUT2D eigenvalue weighted by Gasteiger charge is 2.36.